The third kappa shape index (κ3) is 3.63. The van der Waals surface area contributed by atoms with E-state index in [1.54, 1.807) is 7.11 Å². The molecule has 84 valence electrons. The molecule has 0 fully saturated rings. The van der Waals surface area contributed by atoms with Crippen LogP contribution in [0.1, 0.15) is 26.7 Å². The molecule has 0 radical (unpaired) electrons. The van der Waals surface area contributed by atoms with Gasteiger partial charge in [-0.15, -0.1) is 0 Å². The third-order valence-corrected chi connectivity index (χ3v) is 2.52. The van der Waals surface area contributed by atoms with Gasteiger partial charge in [-0.2, -0.15) is 0 Å². The van der Waals surface area contributed by atoms with Crippen molar-refractivity contribution in [3.63, 3.8) is 0 Å². The van der Waals surface area contributed by atoms with Gasteiger partial charge in [-0.25, -0.2) is 0 Å². The summed E-state index contributed by atoms with van der Waals surface area (Å²) in [6, 6.07) is 6.04. The number of halogens is 1. The minimum absolute atomic E-state index is 0.433. The van der Waals surface area contributed by atoms with Gasteiger partial charge in [0, 0.05) is 11.1 Å². The van der Waals surface area contributed by atoms with Crippen molar-refractivity contribution in [3.8, 4) is 5.75 Å². The van der Waals surface area contributed by atoms with E-state index in [-0.39, 0.29) is 0 Å². The molecule has 1 rings (SSSR count). The van der Waals surface area contributed by atoms with Gasteiger partial charge >= 0.3 is 0 Å². The summed E-state index contributed by atoms with van der Waals surface area (Å²) in [5.74, 6) is 0.836. The minimum Gasteiger partial charge on any atom is -0.495 e. The van der Waals surface area contributed by atoms with E-state index in [1.165, 1.54) is 0 Å². The van der Waals surface area contributed by atoms with E-state index < -0.39 is 0 Å². The molecule has 1 aromatic carbocycles. The van der Waals surface area contributed by atoms with Crippen LogP contribution in [0.15, 0.2) is 18.2 Å². The van der Waals surface area contributed by atoms with Gasteiger partial charge in [0.05, 0.1) is 12.8 Å². The predicted octanol–water partition coefficient (Wildman–Crippen LogP) is 3.95. The predicted molar refractivity (Wildman–Crippen MR) is 66.0 cm³/mol. The molecule has 1 aromatic rings. The highest BCUT2D eigenvalue weighted by Gasteiger charge is 2.06. The fraction of sp³-hybridized carbons (Fsp3) is 0.500. The molecular formula is C12H18ClNO. The Morgan fingerprint density at radius 1 is 1.47 bits per heavy atom. The molecule has 0 aromatic heterocycles. The van der Waals surface area contributed by atoms with Gasteiger partial charge in [0.1, 0.15) is 5.75 Å². The van der Waals surface area contributed by atoms with Crippen LogP contribution in [0.5, 0.6) is 5.75 Å². The first-order valence-electron chi connectivity index (χ1n) is 5.27. The number of nitrogens with one attached hydrogen (secondary N) is 1. The van der Waals surface area contributed by atoms with Crippen LogP contribution in [-0.4, -0.2) is 13.2 Å². The van der Waals surface area contributed by atoms with Gasteiger partial charge < -0.3 is 10.1 Å². The summed E-state index contributed by atoms with van der Waals surface area (Å²) in [6.07, 6.45) is 2.30. The van der Waals surface area contributed by atoms with Crippen molar-refractivity contribution in [3.05, 3.63) is 23.2 Å². The molecule has 0 aliphatic rings. The van der Waals surface area contributed by atoms with Crippen LogP contribution in [0.3, 0.4) is 0 Å². The van der Waals surface area contributed by atoms with Crippen LogP contribution >= 0.6 is 11.6 Å². The molecule has 1 N–H and O–H groups in total. The summed E-state index contributed by atoms with van der Waals surface area (Å²) in [5.41, 5.74) is 0.964. The van der Waals surface area contributed by atoms with E-state index in [2.05, 4.69) is 19.2 Å². The SMILES string of the molecule is CCCC(C)Nc1cc(Cl)ccc1OC. The average Bonchev–Trinajstić information content (AvgIpc) is 2.18. The highest BCUT2D eigenvalue weighted by atomic mass is 35.5. The van der Waals surface area contributed by atoms with E-state index >= 15 is 0 Å². The lowest BCUT2D eigenvalue weighted by Gasteiger charge is -2.17. The first-order chi connectivity index (χ1) is 7.17. The second-order valence-electron chi connectivity index (χ2n) is 3.68. The fourth-order valence-corrected chi connectivity index (χ4v) is 1.74. The number of hydrogen-bond acceptors (Lipinski definition) is 2. The molecule has 0 bridgehead atoms. The zero-order valence-electron chi connectivity index (χ0n) is 9.51. The van der Waals surface area contributed by atoms with Gasteiger partial charge in [0.15, 0.2) is 0 Å². The summed E-state index contributed by atoms with van der Waals surface area (Å²) >= 11 is 5.94. The van der Waals surface area contributed by atoms with Crippen LogP contribution in [0.2, 0.25) is 5.02 Å². The zero-order valence-corrected chi connectivity index (χ0v) is 10.3. The monoisotopic (exact) mass is 227 g/mol. The van der Waals surface area contributed by atoms with Gasteiger partial charge in [-0.05, 0) is 31.5 Å². The lowest BCUT2D eigenvalue weighted by Crippen LogP contribution is -2.15. The minimum atomic E-state index is 0.433. The van der Waals surface area contributed by atoms with Gasteiger partial charge in [-0.1, -0.05) is 24.9 Å². The first-order valence-corrected chi connectivity index (χ1v) is 5.65. The lowest BCUT2D eigenvalue weighted by atomic mass is 10.2. The number of ether oxygens (including phenoxy) is 1. The van der Waals surface area contributed by atoms with Crippen molar-refractivity contribution in [2.45, 2.75) is 32.7 Å². The van der Waals surface area contributed by atoms with Crippen molar-refractivity contribution < 1.29 is 4.74 Å². The molecule has 0 amide bonds. The summed E-state index contributed by atoms with van der Waals surface area (Å²) in [4.78, 5) is 0. The first kappa shape index (κ1) is 12.2. The molecular weight excluding hydrogens is 210 g/mol. The van der Waals surface area contributed by atoms with Crippen LogP contribution in [0.4, 0.5) is 5.69 Å². The number of benzene rings is 1. The van der Waals surface area contributed by atoms with Crippen molar-refractivity contribution in [1.82, 2.24) is 0 Å². The van der Waals surface area contributed by atoms with Crippen molar-refractivity contribution in [2.75, 3.05) is 12.4 Å². The molecule has 2 nitrogen and oxygen atoms in total. The Hall–Kier alpha value is -0.890. The van der Waals surface area contributed by atoms with Crippen LogP contribution in [0.25, 0.3) is 0 Å². The Kier molecular flexibility index (Phi) is 4.76. The van der Waals surface area contributed by atoms with E-state index in [9.17, 15) is 0 Å². The van der Waals surface area contributed by atoms with Gasteiger partial charge in [-0.3, -0.25) is 0 Å². The molecule has 0 saturated heterocycles. The number of anilines is 1. The van der Waals surface area contributed by atoms with E-state index in [0.717, 1.165) is 29.3 Å². The number of rotatable bonds is 5. The normalized spacial score (nSPS) is 12.3. The summed E-state index contributed by atoms with van der Waals surface area (Å²) in [5, 5.41) is 4.12. The molecule has 0 saturated carbocycles. The molecule has 1 atom stereocenters. The number of hydrogen-bond donors (Lipinski definition) is 1. The van der Waals surface area contributed by atoms with Crippen LogP contribution in [-0.2, 0) is 0 Å². The maximum atomic E-state index is 5.94. The molecule has 0 spiro atoms. The van der Waals surface area contributed by atoms with E-state index in [1.807, 2.05) is 18.2 Å². The quantitative estimate of drug-likeness (QED) is 0.823. The highest BCUT2D eigenvalue weighted by molar-refractivity contribution is 6.30. The largest absolute Gasteiger partial charge is 0.495 e. The van der Waals surface area contributed by atoms with Crippen LogP contribution < -0.4 is 10.1 Å². The summed E-state index contributed by atoms with van der Waals surface area (Å²) in [6.45, 7) is 4.33. The Morgan fingerprint density at radius 3 is 2.80 bits per heavy atom. The summed E-state index contributed by atoms with van der Waals surface area (Å²) in [7, 11) is 1.67. The fourth-order valence-electron chi connectivity index (χ4n) is 1.56. The van der Waals surface area contributed by atoms with Gasteiger partial charge in [0.2, 0.25) is 0 Å². The maximum Gasteiger partial charge on any atom is 0.142 e. The highest BCUT2D eigenvalue weighted by Crippen LogP contribution is 2.28. The lowest BCUT2D eigenvalue weighted by molar-refractivity contribution is 0.416. The van der Waals surface area contributed by atoms with Crippen LogP contribution in [0, 0.1) is 0 Å². The Bertz CT molecular complexity index is 314. The second-order valence-corrected chi connectivity index (χ2v) is 4.12. The number of methoxy groups -OCH3 is 1. The molecule has 15 heavy (non-hydrogen) atoms. The smallest absolute Gasteiger partial charge is 0.142 e. The summed E-state index contributed by atoms with van der Waals surface area (Å²) < 4.78 is 5.26. The Labute approximate surface area is 96.6 Å². The third-order valence-electron chi connectivity index (χ3n) is 2.29. The second kappa shape index (κ2) is 5.86. The average molecular weight is 228 g/mol. The Morgan fingerprint density at radius 2 is 2.20 bits per heavy atom. The topological polar surface area (TPSA) is 21.3 Å². The molecule has 0 aliphatic heterocycles. The standard InChI is InChI=1S/C12H18ClNO/c1-4-5-9(2)14-11-8-10(13)6-7-12(11)15-3/h6-9,14H,4-5H2,1-3H3. The molecule has 0 aliphatic carbocycles. The Balaban J connectivity index is 2.77. The van der Waals surface area contributed by atoms with Gasteiger partial charge in [0.25, 0.3) is 0 Å². The molecule has 1 unspecified atom stereocenters. The van der Waals surface area contributed by atoms with E-state index in [4.69, 9.17) is 16.3 Å². The zero-order chi connectivity index (χ0) is 11.3. The maximum absolute atomic E-state index is 5.94. The molecule has 0 heterocycles. The van der Waals surface area contributed by atoms with Crippen molar-refractivity contribution in [1.29, 1.82) is 0 Å². The van der Waals surface area contributed by atoms with E-state index in [0.29, 0.717) is 6.04 Å². The van der Waals surface area contributed by atoms with Crippen molar-refractivity contribution in [2.24, 2.45) is 0 Å². The molecule has 3 heteroatoms. The van der Waals surface area contributed by atoms with Crippen molar-refractivity contribution >= 4 is 17.3 Å².